The van der Waals surface area contributed by atoms with Crippen LogP contribution in [0.5, 0.6) is 11.5 Å². The highest BCUT2D eigenvalue weighted by molar-refractivity contribution is 7.89. The maximum absolute atomic E-state index is 12.8. The highest BCUT2D eigenvalue weighted by Gasteiger charge is 2.13. The number of hydrogen-bond donors (Lipinski definition) is 1. The zero-order valence-electron chi connectivity index (χ0n) is 13.5. The van der Waals surface area contributed by atoms with Crippen molar-refractivity contribution in [3.8, 4) is 11.5 Å². The molecule has 0 aromatic heterocycles. The van der Waals surface area contributed by atoms with E-state index in [1.165, 1.54) is 36.4 Å². The van der Waals surface area contributed by atoms with Gasteiger partial charge in [0.05, 0.1) is 11.0 Å². The Kier molecular flexibility index (Phi) is 6.16. The molecule has 0 aliphatic heterocycles. The molecule has 0 amide bonds. The van der Waals surface area contributed by atoms with Crippen molar-refractivity contribution in [3.05, 3.63) is 54.3 Å². The van der Waals surface area contributed by atoms with Gasteiger partial charge in [0, 0.05) is 6.54 Å². The van der Waals surface area contributed by atoms with Crippen LogP contribution in [0.1, 0.15) is 13.8 Å². The van der Waals surface area contributed by atoms with E-state index in [2.05, 4.69) is 4.72 Å². The quantitative estimate of drug-likeness (QED) is 0.741. The second-order valence-electron chi connectivity index (χ2n) is 5.34. The summed E-state index contributed by atoms with van der Waals surface area (Å²) in [6, 6.07) is 11.7. The number of sulfonamides is 1. The highest BCUT2D eigenvalue weighted by atomic mass is 32.2. The van der Waals surface area contributed by atoms with Crippen LogP contribution in [0.3, 0.4) is 0 Å². The molecule has 0 radical (unpaired) electrons. The van der Waals surface area contributed by atoms with Crippen molar-refractivity contribution < 1.29 is 22.3 Å². The Labute approximate surface area is 141 Å². The van der Waals surface area contributed by atoms with Gasteiger partial charge >= 0.3 is 0 Å². The van der Waals surface area contributed by atoms with E-state index in [1.54, 1.807) is 12.1 Å². The van der Waals surface area contributed by atoms with Gasteiger partial charge in [0.2, 0.25) is 10.0 Å². The smallest absolute Gasteiger partial charge is 0.240 e. The first kappa shape index (κ1) is 18.2. The minimum atomic E-state index is -3.61. The minimum Gasteiger partial charge on any atom is -0.492 e. The standard InChI is InChI=1S/C17H20FNO4S/c1-13(2)23-16-7-9-17(10-8-16)24(20,21)19-11-12-22-15-5-3-14(18)4-6-15/h3-10,13,19H,11-12H2,1-2H3. The second-order valence-corrected chi connectivity index (χ2v) is 7.11. The van der Waals surface area contributed by atoms with E-state index < -0.39 is 10.0 Å². The lowest BCUT2D eigenvalue weighted by Gasteiger charge is -2.11. The van der Waals surface area contributed by atoms with Crippen molar-refractivity contribution in [2.45, 2.75) is 24.8 Å². The molecule has 24 heavy (non-hydrogen) atoms. The molecule has 0 saturated carbocycles. The normalized spacial score (nSPS) is 11.5. The van der Waals surface area contributed by atoms with Crippen LogP contribution in [0.25, 0.3) is 0 Å². The topological polar surface area (TPSA) is 64.6 Å². The Morgan fingerprint density at radius 2 is 1.58 bits per heavy atom. The Balaban J connectivity index is 1.85. The van der Waals surface area contributed by atoms with Crippen LogP contribution in [0.15, 0.2) is 53.4 Å². The van der Waals surface area contributed by atoms with Crippen molar-refractivity contribution in [3.63, 3.8) is 0 Å². The van der Waals surface area contributed by atoms with Gasteiger partial charge in [-0.25, -0.2) is 17.5 Å². The molecule has 0 fully saturated rings. The van der Waals surface area contributed by atoms with Gasteiger partial charge in [-0.2, -0.15) is 0 Å². The molecule has 0 aliphatic rings. The molecule has 0 unspecified atom stereocenters. The number of hydrogen-bond acceptors (Lipinski definition) is 4. The van der Waals surface area contributed by atoms with Crippen molar-refractivity contribution in [1.29, 1.82) is 0 Å². The molecule has 2 rings (SSSR count). The van der Waals surface area contributed by atoms with E-state index in [4.69, 9.17) is 9.47 Å². The van der Waals surface area contributed by atoms with Gasteiger partial charge in [-0.15, -0.1) is 0 Å². The Morgan fingerprint density at radius 3 is 2.17 bits per heavy atom. The second kappa shape index (κ2) is 8.12. The van der Waals surface area contributed by atoms with Crippen LogP contribution in [-0.2, 0) is 10.0 Å². The summed E-state index contributed by atoms with van der Waals surface area (Å²) in [4.78, 5) is 0.153. The molecule has 2 aromatic rings. The van der Waals surface area contributed by atoms with Crippen LogP contribution >= 0.6 is 0 Å². The van der Waals surface area contributed by atoms with Gasteiger partial charge < -0.3 is 9.47 Å². The summed E-state index contributed by atoms with van der Waals surface area (Å²) in [6.45, 7) is 4.03. The van der Waals surface area contributed by atoms with Crippen LogP contribution in [0.4, 0.5) is 4.39 Å². The minimum absolute atomic E-state index is 0.0224. The molecule has 0 saturated heterocycles. The average Bonchev–Trinajstić information content (AvgIpc) is 2.53. The van der Waals surface area contributed by atoms with Gasteiger partial charge in [-0.1, -0.05) is 0 Å². The van der Waals surface area contributed by atoms with Crippen molar-refractivity contribution in [2.24, 2.45) is 0 Å². The maximum Gasteiger partial charge on any atom is 0.240 e. The summed E-state index contributed by atoms with van der Waals surface area (Å²) in [5.41, 5.74) is 0. The molecule has 0 atom stereocenters. The Bertz CT molecular complexity index is 743. The summed E-state index contributed by atoms with van der Waals surface area (Å²) in [5, 5.41) is 0. The molecule has 5 nitrogen and oxygen atoms in total. The molecule has 0 bridgehead atoms. The highest BCUT2D eigenvalue weighted by Crippen LogP contribution is 2.17. The van der Waals surface area contributed by atoms with Gasteiger partial charge in [0.1, 0.15) is 23.9 Å². The summed E-state index contributed by atoms with van der Waals surface area (Å²) < 4.78 is 50.4. The number of halogens is 1. The maximum atomic E-state index is 12.8. The largest absolute Gasteiger partial charge is 0.492 e. The van der Waals surface area contributed by atoms with Crippen molar-refractivity contribution in [1.82, 2.24) is 4.72 Å². The van der Waals surface area contributed by atoms with Crippen LogP contribution in [0, 0.1) is 5.82 Å². The molecule has 2 aromatic carbocycles. The Morgan fingerprint density at radius 1 is 1.00 bits per heavy atom. The number of ether oxygens (including phenoxy) is 2. The fourth-order valence-corrected chi connectivity index (χ4v) is 2.94. The molecule has 0 aliphatic carbocycles. The molecule has 0 spiro atoms. The zero-order valence-corrected chi connectivity index (χ0v) is 14.3. The molecular formula is C17H20FNO4S. The van der Waals surface area contributed by atoms with Crippen LogP contribution in [-0.4, -0.2) is 27.7 Å². The average molecular weight is 353 g/mol. The fourth-order valence-electron chi connectivity index (χ4n) is 1.93. The molecule has 7 heteroatoms. The summed E-state index contributed by atoms with van der Waals surface area (Å²) in [5.74, 6) is 0.738. The van der Waals surface area contributed by atoms with E-state index in [0.29, 0.717) is 11.5 Å². The third kappa shape index (κ3) is 5.50. The van der Waals surface area contributed by atoms with E-state index >= 15 is 0 Å². The number of nitrogens with one attached hydrogen (secondary N) is 1. The van der Waals surface area contributed by atoms with Gasteiger partial charge in [0.25, 0.3) is 0 Å². The monoisotopic (exact) mass is 353 g/mol. The summed E-state index contributed by atoms with van der Waals surface area (Å²) in [7, 11) is -3.61. The summed E-state index contributed by atoms with van der Waals surface area (Å²) in [6.07, 6.45) is 0.0224. The van der Waals surface area contributed by atoms with E-state index in [-0.39, 0.29) is 30.0 Å². The summed E-state index contributed by atoms with van der Waals surface area (Å²) >= 11 is 0. The first-order valence-corrected chi connectivity index (χ1v) is 9.00. The lowest BCUT2D eigenvalue weighted by molar-refractivity contribution is 0.242. The number of benzene rings is 2. The van der Waals surface area contributed by atoms with Crippen LogP contribution in [0.2, 0.25) is 0 Å². The first-order chi connectivity index (χ1) is 11.4. The predicted octanol–water partition coefficient (Wildman–Crippen LogP) is 2.97. The number of rotatable bonds is 8. The van der Waals surface area contributed by atoms with Crippen LogP contribution < -0.4 is 14.2 Å². The zero-order chi connectivity index (χ0) is 17.6. The fraction of sp³-hybridized carbons (Fsp3) is 0.294. The van der Waals surface area contributed by atoms with Gasteiger partial charge in [-0.05, 0) is 62.4 Å². The molecule has 0 heterocycles. The van der Waals surface area contributed by atoms with Crippen molar-refractivity contribution >= 4 is 10.0 Å². The van der Waals surface area contributed by atoms with E-state index in [0.717, 1.165) is 0 Å². The van der Waals surface area contributed by atoms with Crippen molar-refractivity contribution in [2.75, 3.05) is 13.2 Å². The Hall–Kier alpha value is -2.12. The molecule has 1 N–H and O–H groups in total. The first-order valence-electron chi connectivity index (χ1n) is 7.51. The van der Waals surface area contributed by atoms with Gasteiger partial charge in [-0.3, -0.25) is 0 Å². The lowest BCUT2D eigenvalue weighted by Crippen LogP contribution is -2.28. The molecule has 130 valence electrons. The SMILES string of the molecule is CC(C)Oc1ccc(S(=O)(=O)NCCOc2ccc(F)cc2)cc1. The third-order valence-corrected chi connectivity index (χ3v) is 4.46. The predicted molar refractivity (Wildman–Crippen MR) is 89.3 cm³/mol. The van der Waals surface area contributed by atoms with E-state index in [9.17, 15) is 12.8 Å². The van der Waals surface area contributed by atoms with Gasteiger partial charge in [0.15, 0.2) is 0 Å². The lowest BCUT2D eigenvalue weighted by atomic mass is 10.3. The third-order valence-electron chi connectivity index (χ3n) is 2.98. The van der Waals surface area contributed by atoms with E-state index in [1.807, 2.05) is 13.8 Å². The molecular weight excluding hydrogens is 333 g/mol.